The maximum Gasteiger partial charge on any atom is 0.191 e. The molecule has 7 heteroatoms. The van der Waals surface area contributed by atoms with Gasteiger partial charge in [-0.25, -0.2) is 0 Å². The summed E-state index contributed by atoms with van der Waals surface area (Å²) in [6, 6.07) is 5.03. The van der Waals surface area contributed by atoms with Gasteiger partial charge in [0.1, 0.15) is 0 Å². The number of nitrogens with zero attached hydrogens (tertiary/aromatic N) is 2. The van der Waals surface area contributed by atoms with E-state index >= 15 is 0 Å². The van der Waals surface area contributed by atoms with Gasteiger partial charge in [-0.3, -0.25) is 4.99 Å². The number of hydrogen-bond acceptors (Lipinski definition) is 4. The maximum absolute atomic E-state index is 5.21. The van der Waals surface area contributed by atoms with Crippen LogP contribution in [0, 0.1) is 0 Å². The molecule has 5 nitrogen and oxygen atoms in total. The molecule has 1 aromatic heterocycles. The van der Waals surface area contributed by atoms with E-state index in [0.29, 0.717) is 6.04 Å². The van der Waals surface area contributed by atoms with E-state index in [1.165, 1.54) is 49.8 Å². The van der Waals surface area contributed by atoms with Crippen LogP contribution in [-0.2, 0) is 10.2 Å². The summed E-state index contributed by atoms with van der Waals surface area (Å²) in [5, 5.41) is 9.42. The lowest BCUT2D eigenvalue weighted by Crippen LogP contribution is -2.49. The van der Waals surface area contributed by atoms with E-state index in [0.717, 1.165) is 45.3 Å². The Morgan fingerprint density at radius 1 is 1.28 bits per heavy atom. The van der Waals surface area contributed by atoms with Crippen LogP contribution in [-0.4, -0.2) is 63.3 Å². The lowest BCUT2D eigenvalue weighted by Gasteiger charge is -2.36. The lowest BCUT2D eigenvalue weighted by atomic mass is 9.73. The molecule has 1 aromatic rings. The number of thiophene rings is 1. The average molecular weight is 535 g/mol. The van der Waals surface area contributed by atoms with Crippen LogP contribution in [0.1, 0.15) is 56.7 Å². The van der Waals surface area contributed by atoms with E-state index in [2.05, 4.69) is 40.0 Å². The van der Waals surface area contributed by atoms with Crippen molar-refractivity contribution in [3.05, 3.63) is 22.4 Å². The molecule has 2 aliphatic rings. The molecular formula is C22H39IN4OS. The Kier molecular flexibility index (Phi) is 11.3. The zero-order valence-corrected chi connectivity index (χ0v) is 21.3. The molecular weight excluding hydrogens is 495 g/mol. The van der Waals surface area contributed by atoms with Crippen LogP contribution in [0.4, 0.5) is 0 Å². The number of guanidine groups is 1. The van der Waals surface area contributed by atoms with Crippen molar-refractivity contribution in [1.29, 1.82) is 0 Å². The van der Waals surface area contributed by atoms with Gasteiger partial charge in [0.15, 0.2) is 5.96 Å². The van der Waals surface area contributed by atoms with Gasteiger partial charge in [0.05, 0.1) is 13.2 Å². The number of ether oxygens (including phenoxy) is 1. The third-order valence-corrected chi connectivity index (χ3v) is 7.39. The van der Waals surface area contributed by atoms with Crippen molar-refractivity contribution in [2.45, 2.75) is 63.3 Å². The van der Waals surface area contributed by atoms with Crippen molar-refractivity contribution in [3.63, 3.8) is 0 Å². The molecule has 1 saturated heterocycles. The molecule has 3 rings (SSSR count). The molecule has 0 amide bonds. The van der Waals surface area contributed by atoms with Crippen molar-refractivity contribution < 1.29 is 4.74 Å². The summed E-state index contributed by atoms with van der Waals surface area (Å²) in [6.45, 7) is 8.10. The zero-order chi connectivity index (χ0) is 19.7. The van der Waals surface area contributed by atoms with Crippen LogP contribution >= 0.6 is 35.3 Å². The van der Waals surface area contributed by atoms with E-state index in [4.69, 9.17) is 9.73 Å². The molecule has 0 atom stereocenters. The Morgan fingerprint density at radius 2 is 2.03 bits per heavy atom. The normalized spacial score (nSPS) is 20.8. The quantitative estimate of drug-likeness (QED) is 0.298. The van der Waals surface area contributed by atoms with Gasteiger partial charge in [0.25, 0.3) is 0 Å². The molecule has 2 N–H and O–H groups in total. The Labute approximate surface area is 198 Å². The minimum Gasteiger partial charge on any atom is -0.383 e. The maximum atomic E-state index is 5.21. The van der Waals surface area contributed by atoms with Crippen molar-refractivity contribution in [2.75, 3.05) is 46.4 Å². The van der Waals surface area contributed by atoms with Gasteiger partial charge in [-0.05, 0) is 44.1 Å². The fourth-order valence-electron chi connectivity index (χ4n) is 4.56. The Hall–Kier alpha value is -0.380. The van der Waals surface area contributed by atoms with E-state index < -0.39 is 0 Å². The van der Waals surface area contributed by atoms with E-state index in [1.807, 2.05) is 11.3 Å². The van der Waals surface area contributed by atoms with Gasteiger partial charge in [0, 0.05) is 49.6 Å². The number of likely N-dealkylation sites (tertiary alicyclic amines) is 1. The second-order valence-electron chi connectivity index (χ2n) is 8.27. The van der Waals surface area contributed by atoms with Crippen LogP contribution in [0.5, 0.6) is 0 Å². The molecule has 0 spiro atoms. The molecule has 1 aliphatic carbocycles. The first-order valence-corrected chi connectivity index (χ1v) is 11.9. The van der Waals surface area contributed by atoms with Crippen LogP contribution < -0.4 is 10.6 Å². The second-order valence-corrected chi connectivity index (χ2v) is 9.21. The molecule has 2 fully saturated rings. The monoisotopic (exact) mass is 534 g/mol. The van der Waals surface area contributed by atoms with Crippen LogP contribution in [0.25, 0.3) is 0 Å². The number of halogens is 1. The highest BCUT2D eigenvalue weighted by Crippen LogP contribution is 2.41. The van der Waals surface area contributed by atoms with E-state index in [1.54, 1.807) is 7.11 Å². The molecule has 1 saturated carbocycles. The van der Waals surface area contributed by atoms with Crippen molar-refractivity contribution in [2.24, 2.45) is 4.99 Å². The summed E-state index contributed by atoms with van der Waals surface area (Å²) in [5.74, 6) is 0.999. The molecule has 0 unspecified atom stereocenters. The number of nitrogens with one attached hydrogen (secondary N) is 2. The largest absolute Gasteiger partial charge is 0.383 e. The summed E-state index contributed by atoms with van der Waals surface area (Å²) in [6.07, 6.45) is 8.92. The summed E-state index contributed by atoms with van der Waals surface area (Å²) in [4.78, 5) is 9.12. The highest BCUT2D eigenvalue weighted by Gasteiger charge is 2.34. The molecule has 29 heavy (non-hydrogen) atoms. The Balaban J connectivity index is 0.00000300. The van der Waals surface area contributed by atoms with Crippen molar-refractivity contribution in [3.8, 4) is 0 Å². The van der Waals surface area contributed by atoms with Crippen LogP contribution in [0.15, 0.2) is 22.5 Å². The Bertz CT molecular complexity index is 582. The van der Waals surface area contributed by atoms with E-state index in [9.17, 15) is 0 Å². The number of aliphatic imine (C=N–C) groups is 1. The topological polar surface area (TPSA) is 48.9 Å². The van der Waals surface area contributed by atoms with Gasteiger partial charge in [-0.1, -0.05) is 25.3 Å². The first kappa shape index (κ1) is 24.9. The van der Waals surface area contributed by atoms with Gasteiger partial charge >= 0.3 is 0 Å². The number of rotatable bonds is 8. The highest BCUT2D eigenvalue weighted by atomic mass is 127. The zero-order valence-electron chi connectivity index (χ0n) is 18.1. The minimum absolute atomic E-state index is 0. The Morgan fingerprint density at radius 3 is 2.66 bits per heavy atom. The van der Waals surface area contributed by atoms with Gasteiger partial charge in [-0.2, -0.15) is 0 Å². The molecule has 166 valence electrons. The predicted octanol–water partition coefficient (Wildman–Crippen LogP) is 4.23. The fourth-order valence-corrected chi connectivity index (χ4v) is 5.54. The number of hydrogen-bond donors (Lipinski definition) is 2. The van der Waals surface area contributed by atoms with Crippen molar-refractivity contribution >= 4 is 41.3 Å². The number of piperidine rings is 1. The van der Waals surface area contributed by atoms with Gasteiger partial charge in [-0.15, -0.1) is 35.3 Å². The van der Waals surface area contributed by atoms with Gasteiger partial charge < -0.3 is 20.3 Å². The average Bonchev–Trinajstić information content (AvgIpc) is 3.28. The molecule has 0 aromatic carbocycles. The van der Waals surface area contributed by atoms with Crippen molar-refractivity contribution in [1.82, 2.24) is 15.5 Å². The van der Waals surface area contributed by atoms with Crippen LogP contribution in [0.2, 0.25) is 0 Å². The number of methoxy groups -OCH3 is 1. The minimum atomic E-state index is 0. The smallest absolute Gasteiger partial charge is 0.191 e. The summed E-state index contributed by atoms with van der Waals surface area (Å²) in [5.41, 5.74) is 0.248. The van der Waals surface area contributed by atoms with E-state index in [-0.39, 0.29) is 29.4 Å². The molecule has 0 radical (unpaired) electrons. The molecule has 0 bridgehead atoms. The summed E-state index contributed by atoms with van der Waals surface area (Å²) < 4.78 is 5.21. The lowest BCUT2D eigenvalue weighted by molar-refractivity contribution is 0.128. The third kappa shape index (κ3) is 7.36. The third-order valence-electron chi connectivity index (χ3n) is 6.28. The first-order chi connectivity index (χ1) is 13.8. The highest BCUT2D eigenvalue weighted by molar-refractivity contribution is 14.0. The predicted molar refractivity (Wildman–Crippen MR) is 135 cm³/mol. The molecule has 2 heterocycles. The first-order valence-electron chi connectivity index (χ1n) is 11.1. The fraction of sp³-hybridized carbons (Fsp3) is 0.773. The SMILES string of the molecule is CCNC(=NCC1(c2cccs2)CCCCC1)NC1CCN(CCOC)CC1.I. The van der Waals surface area contributed by atoms with Gasteiger partial charge in [0.2, 0.25) is 0 Å². The second kappa shape index (κ2) is 13.1. The van der Waals surface area contributed by atoms with Crippen LogP contribution in [0.3, 0.4) is 0 Å². The summed E-state index contributed by atoms with van der Waals surface area (Å²) >= 11 is 1.91. The standard InChI is InChI=1S/C22H38N4OS.HI/c1-3-23-21(25-19-9-13-26(14-10-19)15-16-27-2)24-18-22(11-5-4-6-12-22)20-8-7-17-28-20;/h7-8,17,19H,3-6,9-16,18H2,1-2H3,(H2,23,24,25);1H. The summed E-state index contributed by atoms with van der Waals surface area (Å²) in [7, 11) is 1.78. The molecule has 1 aliphatic heterocycles.